The van der Waals surface area contributed by atoms with Gasteiger partial charge in [-0.2, -0.15) is 5.10 Å². The Morgan fingerprint density at radius 3 is 2.58 bits per heavy atom. The van der Waals surface area contributed by atoms with Crippen LogP contribution >= 0.6 is 0 Å². The molecule has 0 fully saturated rings. The van der Waals surface area contributed by atoms with E-state index >= 15 is 0 Å². The standard InChI is InChI=1S/C20H24N2O4/c1-6-25-19-9-7-16(15(4)23)11-17(19)12-26-20(24)10-8-18-13(2)21-22(5)14(18)3/h7-11H,6,12H2,1-5H3/b10-8+. The fraction of sp³-hybridized carbons (Fsp3) is 0.350. The second-order valence-corrected chi connectivity index (χ2v) is 5.96. The van der Waals surface area contributed by atoms with Crippen LogP contribution in [0.4, 0.5) is 0 Å². The first-order valence-electron chi connectivity index (χ1n) is 8.45. The number of carbonyl (C=O) groups is 2. The molecule has 0 atom stereocenters. The van der Waals surface area contributed by atoms with Gasteiger partial charge in [-0.25, -0.2) is 4.79 Å². The number of esters is 1. The first kappa shape index (κ1) is 19.4. The highest BCUT2D eigenvalue weighted by Gasteiger charge is 2.11. The van der Waals surface area contributed by atoms with Crippen LogP contribution in [0.2, 0.25) is 0 Å². The third kappa shape index (κ3) is 4.59. The van der Waals surface area contributed by atoms with Gasteiger partial charge in [-0.05, 0) is 52.0 Å². The number of benzene rings is 1. The molecule has 0 aliphatic heterocycles. The average Bonchev–Trinajstić information content (AvgIpc) is 2.84. The number of aromatic nitrogens is 2. The molecule has 0 unspecified atom stereocenters. The topological polar surface area (TPSA) is 70.4 Å². The van der Waals surface area contributed by atoms with Crippen molar-refractivity contribution in [3.8, 4) is 5.75 Å². The molecule has 2 rings (SSSR count). The Balaban J connectivity index is 2.09. The van der Waals surface area contributed by atoms with Crippen molar-refractivity contribution in [1.82, 2.24) is 9.78 Å². The van der Waals surface area contributed by atoms with E-state index in [-0.39, 0.29) is 12.4 Å². The van der Waals surface area contributed by atoms with Gasteiger partial charge in [0.2, 0.25) is 0 Å². The van der Waals surface area contributed by atoms with Gasteiger partial charge >= 0.3 is 5.97 Å². The maximum absolute atomic E-state index is 12.1. The van der Waals surface area contributed by atoms with Crippen molar-refractivity contribution in [2.75, 3.05) is 6.61 Å². The van der Waals surface area contributed by atoms with Gasteiger partial charge in [0.1, 0.15) is 12.4 Å². The lowest BCUT2D eigenvalue weighted by atomic mass is 10.1. The number of hydrogen-bond acceptors (Lipinski definition) is 5. The molecule has 2 aromatic rings. The van der Waals surface area contributed by atoms with Crippen molar-refractivity contribution in [3.63, 3.8) is 0 Å². The van der Waals surface area contributed by atoms with E-state index in [0.717, 1.165) is 17.0 Å². The van der Waals surface area contributed by atoms with Gasteiger partial charge in [0.05, 0.1) is 12.3 Å². The van der Waals surface area contributed by atoms with Crippen LogP contribution in [0, 0.1) is 13.8 Å². The second-order valence-electron chi connectivity index (χ2n) is 5.96. The summed E-state index contributed by atoms with van der Waals surface area (Å²) in [7, 11) is 1.86. The Morgan fingerprint density at radius 1 is 1.27 bits per heavy atom. The fourth-order valence-corrected chi connectivity index (χ4v) is 2.59. The molecule has 0 aliphatic carbocycles. The second kappa shape index (κ2) is 8.47. The van der Waals surface area contributed by atoms with Crippen molar-refractivity contribution in [2.24, 2.45) is 7.05 Å². The van der Waals surface area contributed by atoms with Crippen molar-refractivity contribution >= 4 is 17.8 Å². The Hall–Kier alpha value is -2.89. The third-order valence-electron chi connectivity index (χ3n) is 4.09. The van der Waals surface area contributed by atoms with Gasteiger partial charge in [0.25, 0.3) is 0 Å². The summed E-state index contributed by atoms with van der Waals surface area (Å²) in [5.74, 6) is 0.0830. The molecule has 6 heteroatoms. The summed E-state index contributed by atoms with van der Waals surface area (Å²) in [6, 6.07) is 5.12. The molecule has 0 amide bonds. The molecular formula is C20H24N2O4. The summed E-state index contributed by atoms with van der Waals surface area (Å²) in [5, 5.41) is 4.31. The summed E-state index contributed by atoms with van der Waals surface area (Å²) < 4.78 is 12.6. The van der Waals surface area contributed by atoms with Crippen LogP contribution in [0.3, 0.4) is 0 Å². The summed E-state index contributed by atoms with van der Waals surface area (Å²) in [6.45, 7) is 7.71. The van der Waals surface area contributed by atoms with E-state index in [2.05, 4.69) is 5.10 Å². The van der Waals surface area contributed by atoms with Gasteiger partial charge in [0, 0.05) is 35.5 Å². The molecule has 0 saturated heterocycles. The number of ether oxygens (including phenoxy) is 2. The van der Waals surface area contributed by atoms with Gasteiger partial charge < -0.3 is 9.47 Å². The SMILES string of the molecule is CCOc1ccc(C(C)=O)cc1COC(=O)/C=C/c1c(C)nn(C)c1C. The van der Waals surface area contributed by atoms with E-state index < -0.39 is 5.97 Å². The molecule has 26 heavy (non-hydrogen) atoms. The van der Waals surface area contributed by atoms with Gasteiger partial charge in [-0.3, -0.25) is 9.48 Å². The van der Waals surface area contributed by atoms with Crippen LogP contribution in [0.25, 0.3) is 6.08 Å². The van der Waals surface area contributed by atoms with Gasteiger partial charge in [0.15, 0.2) is 5.78 Å². The van der Waals surface area contributed by atoms with Crippen molar-refractivity contribution in [3.05, 3.63) is 52.4 Å². The molecule has 1 heterocycles. The summed E-state index contributed by atoms with van der Waals surface area (Å²) >= 11 is 0. The molecule has 0 spiro atoms. The fourth-order valence-electron chi connectivity index (χ4n) is 2.59. The molecule has 0 bridgehead atoms. The Labute approximate surface area is 153 Å². The zero-order chi connectivity index (χ0) is 19.3. The van der Waals surface area contributed by atoms with Crippen molar-refractivity contribution in [1.29, 1.82) is 0 Å². The lowest BCUT2D eigenvalue weighted by Crippen LogP contribution is -2.05. The molecule has 0 radical (unpaired) electrons. The zero-order valence-electron chi connectivity index (χ0n) is 15.8. The predicted octanol–water partition coefficient (Wildman–Crippen LogP) is 3.39. The van der Waals surface area contributed by atoms with Crippen LogP contribution < -0.4 is 4.74 Å². The number of rotatable bonds is 7. The van der Waals surface area contributed by atoms with E-state index in [4.69, 9.17) is 9.47 Å². The first-order valence-corrected chi connectivity index (χ1v) is 8.45. The van der Waals surface area contributed by atoms with Crippen LogP contribution in [0.5, 0.6) is 5.75 Å². The smallest absolute Gasteiger partial charge is 0.331 e. The van der Waals surface area contributed by atoms with Crippen LogP contribution in [0.1, 0.15) is 46.7 Å². The lowest BCUT2D eigenvalue weighted by molar-refractivity contribution is -0.138. The minimum absolute atomic E-state index is 0.0324. The molecule has 0 saturated carbocycles. The minimum atomic E-state index is -0.469. The zero-order valence-corrected chi connectivity index (χ0v) is 15.8. The van der Waals surface area contributed by atoms with Crippen LogP contribution in [-0.2, 0) is 23.2 Å². The number of aryl methyl sites for hydroxylation is 2. The first-order chi connectivity index (χ1) is 12.3. The highest BCUT2D eigenvalue weighted by atomic mass is 16.5. The molecule has 1 aromatic carbocycles. The van der Waals surface area contributed by atoms with E-state index in [9.17, 15) is 9.59 Å². The third-order valence-corrected chi connectivity index (χ3v) is 4.09. The Bertz CT molecular complexity index is 850. The molecule has 0 N–H and O–H groups in total. The van der Waals surface area contributed by atoms with Gasteiger partial charge in [-0.15, -0.1) is 0 Å². The van der Waals surface area contributed by atoms with Crippen LogP contribution in [-0.4, -0.2) is 28.1 Å². The summed E-state index contributed by atoms with van der Waals surface area (Å²) in [4.78, 5) is 23.6. The number of carbonyl (C=O) groups excluding carboxylic acids is 2. The predicted molar refractivity (Wildman–Crippen MR) is 99.1 cm³/mol. The Kier molecular flexibility index (Phi) is 6.33. The highest BCUT2D eigenvalue weighted by molar-refractivity contribution is 5.94. The summed E-state index contributed by atoms with van der Waals surface area (Å²) in [6.07, 6.45) is 3.08. The Morgan fingerprint density at radius 2 is 2.00 bits per heavy atom. The van der Waals surface area contributed by atoms with E-state index in [1.807, 2.05) is 27.8 Å². The average molecular weight is 356 g/mol. The number of Topliss-reactive ketones (excluding diaryl/α,β-unsaturated/α-hetero) is 1. The normalized spacial score (nSPS) is 11.0. The van der Waals surface area contributed by atoms with Crippen molar-refractivity contribution < 1.29 is 19.1 Å². The van der Waals surface area contributed by atoms with Crippen LogP contribution in [0.15, 0.2) is 24.3 Å². The van der Waals surface area contributed by atoms with E-state index in [1.165, 1.54) is 13.0 Å². The number of hydrogen-bond donors (Lipinski definition) is 0. The molecule has 1 aromatic heterocycles. The molecule has 138 valence electrons. The lowest BCUT2D eigenvalue weighted by Gasteiger charge is -2.11. The van der Waals surface area contributed by atoms with Gasteiger partial charge in [-0.1, -0.05) is 0 Å². The monoisotopic (exact) mass is 356 g/mol. The van der Waals surface area contributed by atoms with E-state index in [0.29, 0.717) is 23.5 Å². The highest BCUT2D eigenvalue weighted by Crippen LogP contribution is 2.22. The number of nitrogens with zero attached hydrogens (tertiary/aromatic N) is 2. The molecular weight excluding hydrogens is 332 g/mol. The van der Waals surface area contributed by atoms with Crippen molar-refractivity contribution in [2.45, 2.75) is 34.3 Å². The van der Waals surface area contributed by atoms with E-state index in [1.54, 1.807) is 29.0 Å². The maximum atomic E-state index is 12.1. The maximum Gasteiger partial charge on any atom is 0.331 e. The molecule has 0 aliphatic rings. The molecule has 6 nitrogen and oxygen atoms in total. The largest absolute Gasteiger partial charge is 0.493 e. The quantitative estimate of drug-likeness (QED) is 0.432. The summed E-state index contributed by atoms with van der Waals surface area (Å²) in [5.41, 5.74) is 3.94. The number of ketones is 1. The minimum Gasteiger partial charge on any atom is -0.493 e.